The Morgan fingerprint density at radius 1 is 0.490 bits per heavy atom. The molecule has 0 spiro atoms. The summed E-state index contributed by atoms with van der Waals surface area (Å²) in [5.74, 6) is 0. The maximum Gasteiger partial charge on any atom is 0.124 e. The fraction of sp³-hybridized carbons (Fsp3) is 0. The molecule has 7 aromatic carbocycles. The van der Waals surface area contributed by atoms with Crippen molar-refractivity contribution in [2.75, 3.05) is 4.90 Å². The molecule has 0 N–H and O–H groups in total. The van der Waals surface area contributed by atoms with Crippen LogP contribution in [-0.4, -0.2) is 9.97 Å². The van der Waals surface area contributed by atoms with E-state index in [-0.39, 0.29) is 0 Å². The predicted octanol–water partition coefficient (Wildman–Crippen LogP) is 13.7. The first kappa shape index (κ1) is 27.9. The van der Waals surface area contributed by atoms with E-state index >= 15 is 0 Å². The summed E-state index contributed by atoms with van der Waals surface area (Å²) >= 11 is 7.29. The van der Waals surface area contributed by atoms with Gasteiger partial charge in [-0.05, 0) is 89.6 Å². The molecule has 0 aliphatic carbocycles. The molecule has 7 heteroatoms. The van der Waals surface area contributed by atoms with Crippen LogP contribution in [0.2, 0.25) is 0 Å². The number of thiophene rings is 1. The van der Waals surface area contributed by atoms with Gasteiger partial charge in [0.15, 0.2) is 0 Å². The molecule has 10 aromatic rings. The number of thiazole rings is 2. The topological polar surface area (TPSA) is 29.0 Å². The van der Waals surface area contributed by atoms with Crippen molar-refractivity contribution in [1.29, 1.82) is 0 Å². The Bertz CT molecular complexity index is 2870. The van der Waals surface area contributed by atoms with Crippen molar-refractivity contribution in [3.63, 3.8) is 0 Å². The van der Waals surface area contributed by atoms with Crippen molar-refractivity contribution in [2.45, 2.75) is 9.79 Å². The van der Waals surface area contributed by atoms with Crippen LogP contribution in [0.3, 0.4) is 0 Å². The van der Waals surface area contributed by atoms with Gasteiger partial charge in [0.05, 0.1) is 41.4 Å². The third-order valence-corrected chi connectivity index (χ3v) is 14.0. The summed E-state index contributed by atoms with van der Waals surface area (Å²) in [6, 6.07) is 50.5. The Morgan fingerprint density at radius 2 is 1.16 bits per heavy atom. The van der Waals surface area contributed by atoms with E-state index in [0.29, 0.717) is 0 Å². The molecule has 4 heterocycles. The number of hydrogen-bond donors (Lipinski definition) is 0. The van der Waals surface area contributed by atoms with Crippen LogP contribution in [0, 0.1) is 0 Å². The van der Waals surface area contributed by atoms with E-state index in [2.05, 4.69) is 144 Å². The molecule has 1 aliphatic heterocycles. The molecule has 3 aromatic heterocycles. The van der Waals surface area contributed by atoms with Crippen LogP contribution < -0.4 is 4.90 Å². The molecule has 0 radical (unpaired) electrons. The lowest BCUT2D eigenvalue weighted by molar-refractivity contribution is 1.18. The lowest BCUT2D eigenvalue weighted by Crippen LogP contribution is -2.14. The van der Waals surface area contributed by atoms with Gasteiger partial charge in [-0.3, -0.25) is 0 Å². The van der Waals surface area contributed by atoms with Crippen LogP contribution in [0.4, 0.5) is 17.1 Å². The van der Waals surface area contributed by atoms with Crippen LogP contribution in [0.5, 0.6) is 0 Å². The highest BCUT2D eigenvalue weighted by molar-refractivity contribution is 8.00. The summed E-state index contributed by atoms with van der Waals surface area (Å²) in [6.45, 7) is 0. The molecular weight excluding hydrogens is 675 g/mol. The van der Waals surface area contributed by atoms with Crippen LogP contribution in [0.25, 0.3) is 72.5 Å². The minimum atomic E-state index is 1.04. The molecule has 0 amide bonds. The Hall–Kier alpha value is -5.05. The molecular formula is C42H23N3S4. The molecule has 11 rings (SSSR count). The van der Waals surface area contributed by atoms with Gasteiger partial charge in [0.1, 0.15) is 10.0 Å². The maximum atomic E-state index is 5.01. The second-order valence-corrected chi connectivity index (χ2v) is 16.4. The van der Waals surface area contributed by atoms with Crippen molar-refractivity contribution in [3.8, 4) is 21.1 Å². The number of para-hydroxylation sites is 2. The summed E-state index contributed by atoms with van der Waals surface area (Å²) in [5, 5.41) is 7.35. The molecule has 0 saturated carbocycles. The van der Waals surface area contributed by atoms with E-state index in [4.69, 9.17) is 9.97 Å². The highest BCUT2D eigenvalue weighted by atomic mass is 32.2. The van der Waals surface area contributed by atoms with Crippen molar-refractivity contribution in [2.24, 2.45) is 0 Å². The summed E-state index contributed by atoms with van der Waals surface area (Å²) in [6.07, 6.45) is 0. The first-order valence-electron chi connectivity index (χ1n) is 16.1. The van der Waals surface area contributed by atoms with Crippen LogP contribution in [-0.2, 0) is 0 Å². The highest BCUT2D eigenvalue weighted by Gasteiger charge is 2.29. The lowest BCUT2D eigenvalue weighted by Gasteiger charge is -2.33. The molecule has 49 heavy (non-hydrogen) atoms. The molecule has 3 nitrogen and oxygen atoms in total. The van der Waals surface area contributed by atoms with Gasteiger partial charge in [0.2, 0.25) is 0 Å². The van der Waals surface area contributed by atoms with Gasteiger partial charge in [-0.15, -0.1) is 34.0 Å². The van der Waals surface area contributed by atoms with E-state index in [9.17, 15) is 0 Å². The number of anilines is 3. The smallest absolute Gasteiger partial charge is 0.124 e. The zero-order valence-corrected chi connectivity index (χ0v) is 29.0. The predicted molar refractivity (Wildman–Crippen MR) is 213 cm³/mol. The van der Waals surface area contributed by atoms with E-state index in [1.807, 2.05) is 23.1 Å². The molecule has 0 saturated heterocycles. The SMILES string of the molecule is c1ccc2c(c1)ccc1sc3c4c(ccc3c12)N(c1ccc(-c2nc3ccccc3s2)cc1)c1ccc(-c2nc3ccccc3s2)cc1S4. The molecule has 0 unspecified atom stereocenters. The summed E-state index contributed by atoms with van der Waals surface area (Å²) in [5.41, 5.74) is 7.90. The third kappa shape index (κ3) is 4.33. The summed E-state index contributed by atoms with van der Waals surface area (Å²) in [4.78, 5) is 14.9. The van der Waals surface area contributed by atoms with Gasteiger partial charge < -0.3 is 4.90 Å². The maximum absolute atomic E-state index is 5.01. The van der Waals surface area contributed by atoms with Crippen LogP contribution >= 0.6 is 45.8 Å². The van der Waals surface area contributed by atoms with Gasteiger partial charge in [-0.2, -0.15) is 0 Å². The average Bonchev–Trinajstić information content (AvgIpc) is 3.89. The summed E-state index contributed by atoms with van der Waals surface area (Å²) in [7, 11) is 0. The summed E-state index contributed by atoms with van der Waals surface area (Å²) < 4.78 is 5.08. The number of aromatic nitrogens is 2. The fourth-order valence-electron chi connectivity index (χ4n) is 7.03. The largest absolute Gasteiger partial charge is 0.308 e. The number of fused-ring (bicyclic) bond motifs is 10. The number of nitrogens with zero attached hydrogens (tertiary/aromatic N) is 3. The number of rotatable bonds is 3. The third-order valence-electron chi connectivity index (χ3n) is 9.32. The Morgan fingerprint density at radius 3 is 1.94 bits per heavy atom. The highest BCUT2D eigenvalue weighted by Crippen LogP contribution is 2.57. The number of hydrogen-bond acceptors (Lipinski definition) is 7. The standard InChI is InChI=1S/C42H23N3S4/c1-2-8-28-24(7-1)16-22-36-38(28)29-19-21-33-40(39(29)46-36)47-37-23-26(42-44-31-10-4-6-12-35(31)49-42)15-20-32(37)45(33)27-17-13-25(14-18-27)41-43-30-9-3-5-11-34(30)48-41/h1-23H. The second-order valence-electron chi connectivity index (χ2n) is 12.2. The van der Waals surface area contributed by atoms with Crippen molar-refractivity contribution < 1.29 is 0 Å². The molecule has 0 bridgehead atoms. The minimum Gasteiger partial charge on any atom is -0.308 e. The molecule has 0 atom stereocenters. The monoisotopic (exact) mass is 697 g/mol. The van der Waals surface area contributed by atoms with Crippen molar-refractivity contribution in [3.05, 3.63) is 140 Å². The van der Waals surface area contributed by atoms with E-state index in [0.717, 1.165) is 37.9 Å². The molecule has 0 fully saturated rings. The van der Waals surface area contributed by atoms with E-state index in [1.165, 1.54) is 61.5 Å². The zero-order chi connectivity index (χ0) is 32.1. The van der Waals surface area contributed by atoms with Gasteiger partial charge in [-0.25, -0.2) is 9.97 Å². The minimum absolute atomic E-state index is 1.04. The van der Waals surface area contributed by atoms with Crippen LogP contribution in [0.15, 0.2) is 149 Å². The lowest BCUT2D eigenvalue weighted by atomic mass is 10.0. The zero-order valence-electron chi connectivity index (χ0n) is 25.8. The van der Waals surface area contributed by atoms with Gasteiger partial charge in [0.25, 0.3) is 0 Å². The first-order chi connectivity index (χ1) is 24.2. The Kier molecular flexibility index (Phi) is 6.10. The second kappa shape index (κ2) is 10.7. The van der Waals surface area contributed by atoms with E-state index < -0.39 is 0 Å². The van der Waals surface area contributed by atoms with Gasteiger partial charge in [0, 0.05) is 37.2 Å². The Balaban J connectivity index is 1.10. The fourth-order valence-corrected chi connectivity index (χ4v) is 11.5. The van der Waals surface area contributed by atoms with Crippen molar-refractivity contribution >= 4 is 114 Å². The van der Waals surface area contributed by atoms with E-state index in [1.54, 1.807) is 22.7 Å². The quantitative estimate of drug-likeness (QED) is 0.184. The van der Waals surface area contributed by atoms with Crippen molar-refractivity contribution in [1.82, 2.24) is 9.97 Å². The number of benzene rings is 7. The molecule has 1 aliphatic rings. The average molecular weight is 698 g/mol. The normalized spacial score (nSPS) is 12.8. The first-order valence-corrected chi connectivity index (χ1v) is 19.3. The van der Waals surface area contributed by atoms with Gasteiger partial charge in [-0.1, -0.05) is 72.4 Å². The Labute approximate surface area is 297 Å². The molecule has 230 valence electrons. The van der Waals surface area contributed by atoms with Gasteiger partial charge >= 0.3 is 0 Å². The van der Waals surface area contributed by atoms with Crippen LogP contribution in [0.1, 0.15) is 0 Å².